The lowest BCUT2D eigenvalue weighted by Crippen LogP contribution is -2.33. The zero-order valence-corrected chi connectivity index (χ0v) is 13.9. The fourth-order valence-corrected chi connectivity index (χ4v) is 3.71. The van der Waals surface area contributed by atoms with Crippen LogP contribution in [0.3, 0.4) is 0 Å². The van der Waals surface area contributed by atoms with Gasteiger partial charge in [0.25, 0.3) is 0 Å². The van der Waals surface area contributed by atoms with E-state index in [2.05, 4.69) is 41.3 Å². The van der Waals surface area contributed by atoms with Crippen molar-refractivity contribution in [2.45, 2.75) is 31.8 Å². The van der Waals surface area contributed by atoms with Gasteiger partial charge < -0.3 is 0 Å². The Balaban J connectivity index is 1.52. The summed E-state index contributed by atoms with van der Waals surface area (Å²) in [7, 11) is 2.15. The van der Waals surface area contributed by atoms with E-state index in [0.29, 0.717) is 18.2 Å². The number of likely N-dealkylation sites (N-methyl/N-ethyl adjacent to an activating group) is 1. The van der Waals surface area contributed by atoms with Crippen LogP contribution >= 0.6 is 0 Å². The summed E-state index contributed by atoms with van der Waals surface area (Å²) in [5, 5.41) is 4.41. The predicted octanol–water partition coefficient (Wildman–Crippen LogP) is 2.51. The molecule has 5 nitrogen and oxygen atoms in total. The van der Waals surface area contributed by atoms with E-state index in [1.165, 1.54) is 30.4 Å². The van der Waals surface area contributed by atoms with Crippen molar-refractivity contribution in [1.29, 1.82) is 0 Å². The first-order chi connectivity index (χ1) is 11.7. The van der Waals surface area contributed by atoms with Crippen LogP contribution in [0.15, 0.2) is 53.5 Å². The fraction of sp³-hybridized carbons (Fsp3) is 0.368. The van der Waals surface area contributed by atoms with Crippen LogP contribution in [0.25, 0.3) is 5.65 Å². The highest BCUT2D eigenvalue weighted by Crippen LogP contribution is 2.33. The highest BCUT2D eigenvalue weighted by molar-refractivity contribution is 5.35. The molecular weight excluding hydrogens is 300 g/mol. The van der Waals surface area contributed by atoms with E-state index in [1.54, 1.807) is 15.3 Å². The molecule has 2 heterocycles. The maximum atomic E-state index is 12.4. The Morgan fingerprint density at radius 2 is 2.04 bits per heavy atom. The van der Waals surface area contributed by atoms with E-state index in [9.17, 15) is 4.79 Å². The molecule has 1 aliphatic rings. The minimum absolute atomic E-state index is 0.0666. The molecule has 1 unspecified atom stereocenters. The van der Waals surface area contributed by atoms with E-state index in [0.717, 1.165) is 6.54 Å². The van der Waals surface area contributed by atoms with Crippen LogP contribution in [0.5, 0.6) is 0 Å². The topological polar surface area (TPSA) is 42.5 Å². The third-order valence-corrected chi connectivity index (χ3v) is 5.02. The number of hydrogen-bond acceptors (Lipinski definition) is 3. The first kappa shape index (κ1) is 15.1. The molecule has 0 fully saturated rings. The largest absolute Gasteiger partial charge is 0.350 e. The van der Waals surface area contributed by atoms with Gasteiger partial charge in [-0.1, -0.05) is 30.3 Å². The molecule has 124 valence electrons. The number of aromatic nitrogens is 3. The maximum absolute atomic E-state index is 12.4. The van der Waals surface area contributed by atoms with E-state index < -0.39 is 0 Å². The molecule has 1 atom stereocenters. The third-order valence-electron chi connectivity index (χ3n) is 5.02. The van der Waals surface area contributed by atoms with Crippen molar-refractivity contribution in [3.63, 3.8) is 0 Å². The second kappa shape index (κ2) is 6.24. The Hall–Kier alpha value is -2.40. The van der Waals surface area contributed by atoms with Crippen LogP contribution in [0.1, 0.15) is 30.0 Å². The number of aryl methyl sites for hydroxylation is 1. The molecule has 4 rings (SSSR count). The SMILES string of the molecule is CN(CCn1nc2ccccn2c1=O)C1CCCc2ccccc21. The summed E-state index contributed by atoms with van der Waals surface area (Å²) in [4.78, 5) is 14.7. The van der Waals surface area contributed by atoms with Crippen LogP contribution in [0.2, 0.25) is 0 Å². The molecule has 0 saturated carbocycles. The Morgan fingerprint density at radius 3 is 2.92 bits per heavy atom. The number of pyridine rings is 1. The molecule has 0 bridgehead atoms. The van der Waals surface area contributed by atoms with Crippen molar-refractivity contribution in [2.24, 2.45) is 0 Å². The van der Waals surface area contributed by atoms with Crippen molar-refractivity contribution in [2.75, 3.05) is 13.6 Å². The monoisotopic (exact) mass is 322 g/mol. The van der Waals surface area contributed by atoms with Crippen molar-refractivity contribution >= 4 is 5.65 Å². The summed E-state index contributed by atoms with van der Waals surface area (Å²) in [6.45, 7) is 1.42. The van der Waals surface area contributed by atoms with Gasteiger partial charge in [0.1, 0.15) is 0 Å². The summed E-state index contributed by atoms with van der Waals surface area (Å²) in [5.74, 6) is 0. The number of benzene rings is 1. The summed E-state index contributed by atoms with van der Waals surface area (Å²) in [5.41, 5.74) is 3.54. The van der Waals surface area contributed by atoms with Gasteiger partial charge in [-0.05, 0) is 49.6 Å². The van der Waals surface area contributed by atoms with Gasteiger partial charge >= 0.3 is 5.69 Å². The van der Waals surface area contributed by atoms with Gasteiger partial charge in [0.15, 0.2) is 5.65 Å². The van der Waals surface area contributed by atoms with Crippen LogP contribution < -0.4 is 5.69 Å². The van der Waals surface area contributed by atoms with Gasteiger partial charge in [-0.15, -0.1) is 5.10 Å². The first-order valence-corrected chi connectivity index (χ1v) is 8.56. The molecular formula is C19H22N4O. The Morgan fingerprint density at radius 1 is 1.21 bits per heavy atom. The molecule has 24 heavy (non-hydrogen) atoms. The van der Waals surface area contributed by atoms with Gasteiger partial charge in [-0.25, -0.2) is 9.48 Å². The van der Waals surface area contributed by atoms with Gasteiger partial charge in [0.05, 0.1) is 6.54 Å². The Labute approximate surface area is 141 Å². The molecule has 0 N–H and O–H groups in total. The second-order valence-electron chi connectivity index (χ2n) is 6.52. The Bertz CT molecular complexity index is 911. The quantitative estimate of drug-likeness (QED) is 0.741. The van der Waals surface area contributed by atoms with Gasteiger partial charge in [0.2, 0.25) is 0 Å². The zero-order chi connectivity index (χ0) is 16.5. The average molecular weight is 322 g/mol. The van der Waals surface area contributed by atoms with Crippen LogP contribution in [-0.4, -0.2) is 32.7 Å². The minimum atomic E-state index is -0.0666. The highest BCUT2D eigenvalue weighted by Gasteiger charge is 2.23. The molecule has 0 radical (unpaired) electrons. The predicted molar refractivity (Wildman–Crippen MR) is 94.2 cm³/mol. The average Bonchev–Trinajstić information content (AvgIpc) is 2.95. The minimum Gasteiger partial charge on any atom is -0.298 e. The van der Waals surface area contributed by atoms with E-state index in [1.807, 2.05) is 18.2 Å². The van der Waals surface area contributed by atoms with E-state index in [4.69, 9.17) is 0 Å². The van der Waals surface area contributed by atoms with Crippen LogP contribution in [0.4, 0.5) is 0 Å². The first-order valence-electron chi connectivity index (χ1n) is 8.56. The Kier molecular flexibility index (Phi) is 3.94. The van der Waals surface area contributed by atoms with Crippen molar-refractivity contribution in [3.05, 3.63) is 70.3 Å². The van der Waals surface area contributed by atoms with Gasteiger partial charge in [-0.3, -0.25) is 9.30 Å². The summed E-state index contributed by atoms with van der Waals surface area (Å²) < 4.78 is 3.16. The molecule has 0 saturated heterocycles. The zero-order valence-electron chi connectivity index (χ0n) is 13.9. The molecule has 0 aliphatic heterocycles. The van der Waals surface area contributed by atoms with E-state index >= 15 is 0 Å². The smallest absolute Gasteiger partial charge is 0.298 e. The van der Waals surface area contributed by atoms with Gasteiger partial charge in [-0.2, -0.15) is 0 Å². The summed E-state index contributed by atoms with van der Waals surface area (Å²) in [6.07, 6.45) is 5.34. The molecule has 2 aromatic heterocycles. The molecule has 0 amide bonds. The third kappa shape index (κ3) is 2.65. The molecule has 3 aromatic rings. The number of rotatable bonds is 4. The fourth-order valence-electron chi connectivity index (χ4n) is 3.71. The number of fused-ring (bicyclic) bond motifs is 2. The molecule has 5 heteroatoms. The van der Waals surface area contributed by atoms with Gasteiger partial charge in [0, 0.05) is 18.8 Å². The van der Waals surface area contributed by atoms with Crippen LogP contribution in [0, 0.1) is 0 Å². The lowest BCUT2D eigenvalue weighted by atomic mass is 9.87. The lowest BCUT2D eigenvalue weighted by Gasteiger charge is -2.33. The molecule has 1 aliphatic carbocycles. The molecule has 0 spiro atoms. The highest BCUT2D eigenvalue weighted by atomic mass is 16.2. The standard InChI is InChI=1S/C19H22N4O/c1-21(17-10-6-8-15-7-2-3-9-16(15)17)13-14-23-19(24)22-12-5-4-11-18(22)20-23/h2-5,7,9,11-12,17H,6,8,10,13-14H2,1H3. The van der Waals surface area contributed by atoms with E-state index in [-0.39, 0.29) is 5.69 Å². The number of nitrogens with zero attached hydrogens (tertiary/aromatic N) is 4. The summed E-state index contributed by atoms with van der Waals surface area (Å²) >= 11 is 0. The lowest BCUT2D eigenvalue weighted by molar-refractivity contribution is 0.210. The van der Waals surface area contributed by atoms with Crippen molar-refractivity contribution in [1.82, 2.24) is 19.1 Å². The maximum Gasteiger partial charge on any atom is 0.350 e. The normalized spacial score (nSPS) is 17.3. The van der Waals surface area contributed by atoms with Crippen LogP contribution in [-0.2, 0) is 13.0 Å². The van der Waals surface area contributed by atoms with Crippen molar-refractivity contribution in [3.8, 4) is 0 Å². The number of hydrogen-bond donors (Lipinski definition) is 0. The second-order valence-corrected chi connectivity index (χ2v) is 6.52. The molecule has 1 aromatic carbocycles. The van der Waals surface area contributed by atoms with Crippen molar-refractivity contribution < 1.29 is 0 Å². The summed E-state index contributed by atoms with van der Waals surface area (Å²) in [6, 6.07) is 14.8.